The molecular weight excluding hydrogens is 621 g/mol. The molecule has 1 aliphatic heterocycles. The predicted molar refractivity (Wildman–Crippen MR) is 154 cm³/mol. The highest BCUT2D eigenvalue weighted by atomic mass is 35.5. The van der Waals surface area contributed by atoms with E-state index in [4.69, 9.17) is 42.7 Å². The van der Waals surface area contributed by atoms with Crippen LogP contribution in [-0.4, -0.2) is 50.8 Å². The fraction of sp³-hybridized carbons (Fsp3) is 0.320. The molecule has 1 aromatic heterocycles. The van der Waals surface area contributed by atoms with Gasteiger partial charge in [-0.05, 0) is 30.7 Å². The Labute approximate surface area is 248 Å². The number of aliphatic hydroxyl groups is 1. The smallest absolute Gasteiger partial charge is 0.459 e. The average Bonchev–Trinajstić information content (AvgIpc) is 3.21. The number of aromatic nitrogens is 2. The van der Waals surface area contributed by atoms with E-state index < -0.39 is 55.0 Å². The van der Waals surface area contributed by atoms with Crippen molar-refractivity contribution in [1.29, 1.82) is 0 Å². The van der Waals surface area contributed by atoms with Crippen LogP contribution >= 0.6 is 42.7 Å². The van der Waals surface area contributed by atoms with Crippen LogP contribution in [0.5, 0.6) is 5.75 Å². The summed E-state index contributed by atoms with van der Waals surface area (Å²) >= 11 is 12.9. The molecule has 16 heteroatoms. The Bertz CT molecular complexity index is 1490. The summed E-state index contributed by atoms with van der Waals surface area (Å²) in [5, 5.41) is 11.3. The lowest BCUT2D eigenvalue weighted by Gasteiger charge is -2.24. The first-order valence-electron chi connectivity index (χ1n) is 12.2. The Morgan fingerprint density at radius 2 is 1.98 bits per heavy atom. The number of esters is 1. The minimum absolute atomic E-state index is 0.000422. The van der Waals surface area contributed by atoms with Gasteiger partial charge in [-0.2, -0.15) is 10.1 Å². The number of nitrogens with zero attached hydrogens (tertiary/aromatic N) is 2. The number of carbonyl (C=O) groups excluding carboxylic acids is 1. The Kier molecular flexibility index (Phi) is 10.3. The van der Waals surface area contributed by atoms with E-state index in [1.165, 1.54) is 37.4 Å². The van der Waals surface area contributed by atoms with Crippen molar-refractivity contribution < 1.29 is 32.6 Å². The van der Waals surface area contributed by atoms with Gasteiger partial charge in [0.1, 0.15) is 35.7 Å². The first-order chi connectivity index (χ1) is 19.5. The van der Waals surface area contributed by atoms with Crippen molar-refractivity contribution in [3.8, 4) is 5.75 Å². The van der Waals surface area contributed by atoms with Crippen molar-refractivity contribution in [3.05, 3.63) is 86.9 Å². The van der Waals surface area contributed by atoms with Gasteiger partial charge in [-0.15, -0.1) is 11.8 Å². The minimum Gasteiger partial charge on any atom is -0.460 e. The summed E-state index contributed by atoms with van der Waals surface area (Å²) in [7, 11) is -4.39. The molecule has 11 nitrogen and oxygen atoms in total. The van der Waals surface area contributed by atoms with Gasteiger partial charge >= 0.3 is 19.4 Å². The zero-order valence-electron chi connectivity index (χ0n) is 21.4. The van der Waals surface area contributed by atoms with E-state index in [0.29, 0.717) is 0 Å². The lowest BCUT2D eigenvalue weighted by atomic mass is 10.1. The summed E-state index contributed by atoms with van der Waals surface area (Å²) in [5.41, 5.74) is 5.46. The van der Waals surface area contributed by atoms with Crippen LogP contribution in [0.25, 0.3) is 0 Å². The number of alkyl halides is 1. The highest BCUT2D eigenvalue weighted by Crippen LogP contribution is 2.49. The van der Waals surface area contributed by atoms with Crippen LogP contribution in [-0.2, 0) is 25.2 Å². The number of rotatable bonds is 11. The topological polar surface area (TPSA) is 155 Å². The maximum Gasteiger partial charge on any atom is 0.459 e. The van der Waals surface area contributed by atoms with E-state index in [0.717, 1.165) is 21.9 Å². The number of hydrogen-bond acceptors (Lipinski definition) is 10. The number of nitrogens with one attached hydrogen (secondary N) is 1. The van der Waals surface area contributed by atoms with Gasteiger partial charge in [-0.25, -0.2) is 13.8 Å². The number of benzene rings is 2. The molecule has 0 saturated carbocycles. The van der Waals surface area contributed by atoms with Gasteiger partial charge in [0.05, 0.1) is 21.9 Å². The zero-order valence-corrected chi connectivity index (χ0v) is 24.7. The fourth-order valence-electron chi connectivity index (χ4n) is 3.76. The van der Waals surface area contributed by atoms with E-state index in [2.05, 4.69) is 10.1 Å². The molecule has 1 fully saturated rings. The summed E-state index contributed by atoms with van der Waals surface area (Å²) in [4.78, 5) is 28.5. The summed E-state index contributed by atoms with van der Waals surface area (Å²) in [6, 6.07) is 13.2. The van der Waals surface area contributed by atoms with Gasteiger partial charge in [0, 0.05) is 12.3 Å². The lowest BCUT2D eigenvalue weighted by molar-refractivity contribution is -0.146. The van der Waals surface area contributed by atoms with Gasteiger partial charge in [0.15, 0.2) is 6.17 Å². The van der Waals surface area contributed by atoms with Crippen LogP contribution in [0.1, 0.15) is 17.9 Å². The second kappa shape index (κ2) is 13.6. The normalized spacial score (nSPS) is 22.6. The molecule has 220 valence electrons. The van der Waals surface area contributed by atoms with Crippen LogP contribution < -0.4 is 21.0 Å². The number of hydrogen-bond donors (Lipinski definition) is 3. The molecule has 3 aromatic rings. The van der Waals surface area contributed by atoms with Gasteiger partial charge in [-0.3, -0.25) is 13.9 Å². The summed E-state index contributed by atoms with van der Waals surface area (Å²) in [5.74, 6) is -0.779. The van der Waals surface area contributed by atoms with Crippen LogP contribution in [0.15, 0.2) is 65.6 Å². The van der Waals surface area contributed by atoms with E-state index in [1.807, 2.05) is 6.07 Å². The van der Waals surface area contributed by atoms with Crippen molar-refractivity contribution in [2.75, 3.05) is 12.3 Å². The lowest BCUT2D eigenvalue weighted by Crippen LogP contribution is -2.36. The first kappa shape index (κ1) is 31.3. The van der Waals surface area contributed by atoms with Crippen molar-refractivity contribution in [3.63, 3.8) is 0 Å². The third-order valence-electron chi connectivity index (χ3n) is 5.87. The monoisotopic (exact) mass is 646 g/mol. The van der Waals surface area contributed by atoms with Gasteiger partial charge in [0.25, 0.3) is 0 Å². The zero-order chi connectivity index (χ0) is 29.7. The van der Waals surface area contributed by atoms with Crippen molar-refractivity contribution in [2.24, 2.45) is 0 Å². The number of ether oxygens (including phenoxy) is 1. The quantitative estimate of drug-likeness (QED) is 0.201. The highest BCUT2D eigenvalue weighted by molar-refractivity contribution is 8.00. The van der Waals surface area contributed by atoms with E-state index >= 15 is 4.39 Å². The molecule has 2 heterocycles. The second-order valence-corrected chi connectivity index (χ2v) is 12.8. The molecule has 1 saturated heterocycles. The predicted octanol–water partition coefficient (Wildman–Crippen LogP) is 4.37. The molecule has 4 N–H and O–H groups in total. The Balaban J connectivity index is 1.48. The van der Waals surface area contributed by atoms with E-state index in [9.17, 15) is 19.3 Å². The largest absolute Gasteiger partial charge is 0.460 e. The number of nitrogen functional groups attached to an aromatic ring is 1. The summed E-state index contributed by atoms with van der Waals surface area (Å²) in [6.07, 6.45) is -2.21. The summed E-state index contributed by atoms with van der Waals surface area (Å²) < 4.78 is 46.4. The maximum absolute atomic E-state index is 15.0. The molecule has 4 rings (SSSR count). The molecule has 2 aromatic carbocycles. The third kappa shape index (κ3) is 8.01. The third-order valence-corrected chi connectivity index (χ3v) is 9.79. The second-order valence-electron chi connectivity index (χ2n) is 8.95. The number of aliphatic hydroxyl groups excluding tert-OH is 1. The fourth-order valence-corrected chi connectivity index (χ4v) is 7.08. The number of thioether (sulfide) groups is 1. The van der Waals surface area contributed by atoms with Gasteiger partial charge in [0.2, 0.25) is 0 Å². The van der Waals surface area contributed by atoms with Crippen LogP contribution in [0.4, 0.5) is 10.2 Å². The molecular formula is C25H26Cl2FN4O7PS. The Hall–Kier alpha value is -2.64. The first-order valence-corrected chi connectivity index (χ1v) is 15.4. The average molecular weight is 647 g/mol. The highest BCUT2D eigenvalue weighted by Gasteiger charge is 2.46. The van der Waals surface area contributed by atoms with Crippen LogP contribution in [0.3, 0.4) is 0 Å². The Morgan fingerprint density at radius 3 is 2.66 bits per heavy atom. The van der Waals surface area contributed by atoms with Crippen LogP contribution in [0, 0.1) is 0 Å². The molecule has 0 amide bonds. The molecule has 0 bridgehead atoms. The SMILES string of the molecule is C[C@H](NP(=O)(OC[C@H]1S[C@@H](n2ccc(N)nc2=O)[C@@H](F)[C@@H]1O)Oc1ccc(Cl)c(Cl)c1)C(=O)OCc1ccccc1. The van der Waals surface area contributed by atoms with Crippen molar-refractivity contribution in [2.45, 2.75) is 42.5 Å². The molecule has 0 radical (unpaired) electrons. The van der Waals surface area contributed by atoms with E-state index in [-0.39, 0.29) is 28.2 Å². The van der Waals surface area contributed by atoms with Crippen LogP contribution in [0.2, 0.25) is 10.0 Å². The van der Waals surface area contributed by atoms with Gasteiger partial charge in [-0.1, -0.05) is 53.5 Å². The summed E-state index contributed by atoms with van der Waals surface area (Å²) in [6.45, 7) is 0.889. The number of nitrogens with two attached hydrogens (primary N) is 1. The van der Waals surface area contributed by atoms with Gasteiger partial charge < -0.3 is 20.1 Å². The molecule has 0 aliphatic carbocycles. The van der Waals surface area contributed by atoms with E-state index in [1.54, 1.807) is 24.3 Å². The standard InChI is InChI=1S/C25H26Cl2FN4O7PS/c1-14(24(34)37-12-15-5-3-2-4-6-15)31-40(36,39-16-7-8-17(26)18(27)11-16)38-13-19-22(33)21(28)23(41-19)32-10-9-20(29)30-25(32)35/h2-11,14,19,21-23,33H,12-13H2,1H3,(H,31,36)(H2,29,30,35)/t14-,19+,21-,22+,23+,40?/m0/s1. The number of anilines is 1. The maximum atomic E-state index is 15.0. The molecule has 1 unspecified atom stereocenters. The number of halogens is 3. The molecule has 6 atom stereocenters. The molecule has 41 heavy (non-hydrogen) atoms. The number of carbonyl (C=O) groups is 1. The van der Waals surface area contributed by atoms with Crippen molar-refractivity contribution >= 4 is 54.5 Å². The van der Waals surface area contributed by atoms with Crippen molar-refractivity contribution in [1.82, 2.24) is 14.6 Å². The molecule has 0 spiro atoms. The Morgan fingerprint density at radius 1 is 1.24 bits per heavy atom. The minimum atomic E-state index is -4.39. The molecule has 1 aliphatic rings.